The number of carboxylic acid groups (broad SMARTS) is 1. The summed E-state index contributed by atoms with van der Waals surface area (Å²) in [7, 11) is 0. The SMILES string of the molecule is N#Cc1ncn(Cc2ccoc2C(=O)O)n1. The van der Waals surface area contributed by atoms with Gasteiger partial charge in [-0.1, -0.05) is 0 Å². The Morgan fingerprint density at radius 3 is 3.12 bits per heavy atom. The van der Waals surface area contributed by atoms with Gasteiger partial charge in [0.1, 0.15) is 12.4 Å². The molecule has 1 N–H and O–H groups in total. The van der Waals surface area contributed by atoms with Crippen LogP contribution in [0, 0.1) is 11.3 Å². The molecule has 0 aliphatic rings. The molecule has 2 aromatic heterocycles. The van der Waals surface area contributed by atoms with Gasteiger partial charge in [0.25, 0.3) is 5.82 Å². The highest BCUT2D eigenvalue weighted by molar-refractivity contribution is 5.86. The fourth-order valence-electron chi connectivity index (χ4n) is 1.24. The van der Waals surface area contributed by atoms with E-state index in [9.17, 15) is 4.79 Å². The molecule has 0 fully saturated rings. The van der Waals surface area contributed by atoms with Crippen molar-refractivity contribution in [3.8, 4) is 6.07 Å². The number of carbonyl (C=O) groups is 1. The first-order valence-electron chi connectivity index (χ1n) is 4.30. The van der Waals surface area contributed by atoms with Crippen LogP contribution in [0.1, 0.15) is 21.9 Å². The predicted molar refractivity (Wildman–Crippen MR) is 49.5 cm³/mol. The summed E-state index contributed by atoms with van der Waals surface area (Å²) in [5, 5.41) is 21.1. The van der Waals surface area contributed by atoms with Crippen LogP contribution in [0.5, 0.6) is 0 Å². The summed E-state index contributed by atoms with van der Waals surface area (Å²) in [6, 6.07) is 3.32. The van der Waals surface area contributed by atoms with Crippen molar-refractivity contribution in [1.82, 2.24) is 14.8 Å². The van der Waals surface area contributed by atoms with Crippen LogP contribution in [0.15, 0.2) is 23.1 Å². The van der Waals surface area contributed by atoms with Gasteiger partial charge in [-0.05, 0) is 6.07 Å². The van der Waals surface area contributed by atoms with Gasteiger partial charge in [-0.2, -0.15) is 5.26 Å². The van der Waals surface area contributed by atoms with Crippen molar-refractivity contribution in [1.29, 1.82) is 5.26 Å². The van der Waals surface area contributed by atoms with Crippen LogP contribution in [-0.2, 0) is 6.54 Å². The lowest BCUT2D eigenvalue weighted by Crippen LogP contribution is -2.05. The van der Waals surface area contributed by atoms with Gasteiger partial charge in [0.05, 0.1) is 12.8 Å². The molecule has 0 atom stereocenters. The van der Waals surface area contributed by atoms with Crippen molar-refractivity contribution in [3.05, 3.63) is 35.8 Å². The van der Waals surface area contributed by atoms with E-state index in [1.54, 1.807) is 6.07 Å². The average Bonchev–Trinajstić information content (AvgIpc) is 2.87. The first-order valence-corrected chi connectivity index (χ1v) is 4.30. The van der Waals surface area contributed by atoms with Crippen molar-refractivity contribution in [2.45, 2.75) is 6.54 Å². The molecular weight excluding hydrogens is 212 g/mol. The summed E-state index contributed by atoms with van der Waals surface area (Å²) < 4.78 is 6.18. The molecular formula is C9H6N4O3. The van der Waals surface area contributed by atoms with Crippen LogP contribution in [0.3, 0.4) is 0 Å². The zero-order chi connectivity index (χ0) is 11.5. The normalized spacial score (nSPS) is 9.94. The molecule has 0 amide bonds. The quantitative estimate of drug-likeness (QED) is 0.803. The Bertz CT molecular complexity index is 563. The number of hydrogen-bond donors (Lipinski definition) is 1. The Kier molecular flexibility index (Phi) is 2.39. The van der Waals surface area contributed by atoms with Gasteiger partial charge in [0.15, 0.2) is 0 Å². The summed E-state index contributed by atoms with van der Waals surface area (Å²) in [5.74, 6) is -1.23. The summed E-state index contributed by atoms with van der Waals surface area (Å²) >= 11 is 0. The molecule has 0 saturated heterocycles. The summed E-state index contributed by atoms with van der Waals surface area (Å²) in [6.45, 7) is 0.201. The van der Waals surface area contributed by atoms with E-state index in [4.69, 9.17) is 14.8 Å². The number of nitriles is 1. The highest BCUT2D eigenvalue weighted by Crippen LogP contribution is 2.11. The number of nitrogens with zero attached hydrogens (tertiary/aromatic N) is 4. The maximum Gasteiger partial charge on any atom is 0.372 e. The third-order valence-corrected chi connectivity index (χ3v) is 1.91. The van der Waals surface area contributed by atoms with Crippen molar-refractivity contribution in [3.63, 3.8) is 0 Å². The van der Waals surface area contributed by atoms with Crippen LogP contribution < -0.4 is 0 Å². The standard InChI is InChI=1S/C9H6N4O3/c10-3-7-11-5-13(12-7)4-6-1-2-16-8(6)9(14)15/h1-2,5H,4H2,(H,14,15). The van der Waals surface area contributed by atoms with E-state index in [1.165, 1.54) is 23.3 Å². The second-order valence-electron chi connectivity index (χ2n) is 2.96. The smallest absolute Gasteiger partial charge is 0.372 e. The minimum atomic E-state index is -1.14. The molecule has 0 unspecified atom stereocenters. The largest absolute Gasteiger partial charge is 0.475 e. The Morgan fingerprint density at radius 1 is 1.69 bits per heavy atom. The van der Waals surface area contributed by atoms with Crippen LogP contribution in [0.4, 0.5) is 0 Å². The molecule has 0 spiro atoms. The molecule has 0 radical (unpaired) electrons. The number of rotatable bonds is 3. The second-order valence-corrected chi connectivity index (χ2v) is 2.96. The van der Waals surface area contributed by atoms with Gasteiger partial charge in [-0.15, -0.1) is 5.10 Å². The molecule has 0 aliphatic carbocycles. The molecule has 16 heavy (non-hydrogen) atoms. The molecule has 0 aromatic carbocycles. The van der Waals surface area contributed by atoms with Gasteiger partial charge in [0.2, 0.25) is 5.76 Å². The number of hydrogen-bond acceptors (Lipinski definition) is 5. The van der Waals surface area contributed by atoms with Crippen molar-refractivity contribution in [2.75, 3.05) is 0 Å². The van der Waals surface area contributed by atoms with Crippen molar-refractivity contribution >= 4 is 5.97 Å². The number of aromatic carboxylic acids is 1. The summed E-state index contributed by atoms with van der Waals surface area (Å²) in [6.07, 6.45) is 2.65. The van der Waals surface area contributed by atoms with E-state index in [0.29, 0.717) is 5.56 Å². The molecule has 2 aromatic rings. The predicted octanol–water partition coefficient (Wildman–Crippen LogP) is 0.489. The van der Waals surface area contributed by atoms with E-state index in [1.807, 2.05) is 0 Å². The number of furan rings is 1. The zero-order valence-corrected chi connectivity index (χ0v) is 7.99. The maximum absolute atomic E-state index is 10.7. The molecule has 0 saturated carbocycles. The Morgan fingerprint density at radius 2 is 2.50 bits per heavy atom. The molecule has 0 bridgehead atoms. The first kappa shape index (κ1) is 9.92. The summed E-state index contributed by atoms with van der Waals surface area (Å²) in [4.78, 5) is 14.4. The number of carboxylic acids is 1. The van der Waals surface area contributed by atoms with Crippen LogP contribution in [-0.4, -0.2) is 25.8 Å². The van der Waals surface area contributed by atoms with Crippen LogP contribution >= 0.6 is 0 Å². The lowest BCUT2D eigenvalue weighted by Gasteiger charge is -1.97. The third-order valence-electron chi connectivity index (χ3n) is 1.91. The second kappa shape index (κ2) is 3.86. The van der Waals surface area contributed by atoms with Crippen molar-refractivity contribution < 1.29 is 14.3 Å². The Hall–Kier alpha value is -2.62. The average molecular weight is 218 g/mol. The third kappa shape index (κ3) is 1.76. The number of aromatic nitrogens is 3. The fourth-order valence-corrected chi connectivity index (χ4v) is 1.24. The zero-order valence-electron chi connectivity index (χ0n) is 7.99. The van der Waals surface area contributed by atoms with Crippen molar-refractivity contribution in [2.24, 2.45) is 0 Å². The maximum atomic E-state index is 10.7. The highest BCUT2D eigenvalue weighted by atomic mass is 16.4. The van der Waals surface area contributed by atoms with E-state index in [2.05, 4.69) is 10.1 Å². The van der Waals surface area contributed by atoms with Gasteiger partial charge >= 0.3 is 5.97 Å². The van der Waals surface area contributed by atoms with Crippen LogP contribution in [0.25, 0.3) is 0 Å². The van der Waals surface area contributed by atoms with Gasteiger partial charge < -0.3 is 9.52 Å². The minimum Gasteiger partial charge on any atom is -0.475 e. The van der Waals surface area contributed by atoms with Gasteiger partial charge in [-0.3, -0.25) is 0 Å². The molecule has 0 aliphatic heterocycles. The Balaban J connectivity index is 2.24. The Labute approximate surface area is 89.6 Å². The minimum absolute atomic E-state index is 0.0420. The van der Waals surface area contributed by atoms with E-state index in [0.717, 1.165) is 0 Å². The monoisotopic (exact) mass is 218 g/mol. The molecule has 7 nitrogen and oxygen atoms in total. The fraction of sp³-hybridized carbons (Fsp3) is 0.111. The molecule has 2 heterocycles. The van der Waals surface area contributed by atoms with E-state index < -0.39 is 5.97 Å². The van der Waals surface area contributed by atoms with E-state index >= 15 is 0 Å². The topological polar surface area (TPSA) is 105 Å². The van der Waals surface area contributed by atoms with E-state index in [-0.39, 0.29) is 18.1 Å². The molecule has 7 heteroatoms. The molecule has 80 valence electrons. The summed E-state index contributed by atoms with van der Waals surface area (Å²) in [5.41, 5.74) is 0.474. The molecule has 2 rings (SSSR count). The lowest BCUT2D eigenvalue weighted by molar-refractivity contribution is 0.0660. The first-order chi connectivity index (χ1) is 7.70. The van der Waals surface area contributed by atoms with Crippen LogP contribution in [0.2, 0.25) is 0 Å². The van der Waals surface area contributed by atoms with Gasteiger partial charge in [0, 0.05) is 5.56 Å². The highest BCUT2D eigenvalue weighted by Gasteiger charge is 2.14. The lowest BCUT2D eigenvalue weighted by atomic mass is 10.2. The van der Waals surface area contributed by atoms with Gasteiger partial charge in [-0.25, -0.2) is 14.5 Å².